The van der Waals surface area contributed by atoms with E-state index in [2.05, 4.69) is 84.4 Å². The number of fused-ring (bicyclic) bond motifs is 1. The van der Waals surface area contributed by atoms with Crippen LogP contribution in [0.5, 0.6) is 0 Å². The SMILES string of the molecule is c1ccc(Cn2c(CCc3cnc[nH]3)nnc2CCc2c[nH]c3ccccc23)cc1. The van der Waals surface area contributed by atoms with Crippen LogP contribution in [0.15, 0.2) is 73.3 Å². The first kappa shape index (κ1) is 18.4. The fraction of sp³-hybridized carbons (Fsp3) is 0.208. The second-order valence-electron chi connectivity index (χ2n) is 7.54. The normalized spacial score (nSPS) is 11.3. The molecule has 30 heavy (non-hydrogen) atoms. The Hall–Kier alpha value is -3.67. The van der Waals surface area contributed by atoms with Crippen LogP contribution < -0.4 is 0 Å². The molecule has 0 radical (unpaired) electrons. The van der Waals surface area contributed by atoms with E-state index in [1.165, 1.54) is 22.0 Å². The molecule has 5 rings (SSSR count). The van der Waals surface area contributed by atoms with E-state index >= 15 is 0 Å². The van der Waals surface area contributed by atoms with Gasteiger partial charge in [-0.25, -0.2) is 4.98 Å². The molecular formula is C24H24N6. The van der Waals surface area contributed by atoms with Crippen LogP contribution in [0.2, 0.25) is 0 Å². The molecule has 0 aliphatic heterocycles. The Morgan fingerprint density at radius 3 is 2.33 bits per heavy atom. The first-order valence-corrected chi connectivity index (χ1v) is 10.3. The highest BCUT2D eigenvalue weighted by Gasteiger charge is 2.14. The maximum absolute atomic E-state index is 4.57. The number of nitrogens with one attached hydrogen (secondary N) is 2. The molecule has 0 bridgehead atoms. The fourth-order valence-electron chi connectivity index (χ4n) is 3.94. The van der Waals surface area contributed by atoms with Crippen LogP contribution in [-0.2, 0) is 32.2 Å². The summed E-state index contributed by atoms with van der Waals surface area (Å²) < 4.78 is 2.28. The van der Waals surface area contributed by atoms with E-state index in [1.807, 2.05) is 12.3 Å². The molecule has 2 aromatic carbocycles. The smallest absolute Gasteiger partial charge is 0.133 e. The zero-order valence-electron chi connectivity index (χ0n) is 16.8. The third kappa shape index (κ3) is 3.89. The topological polar surface area (TPSA) is 75.2 Å². The van der Waals surface area contributed by atoms with Crippen LogP contribution in [0, 0.1) is 0 Å². The number of hydrogen-bond donors (Lipinski definition) is 2. The summed E-state index contributed by atoms with van der Waals surface area (Å²) in [4.78, 5) is 10.7. The minimum Gasteiger partial charge on any atom is -0.361 e. The molecule has 3 heterocycles. The zero-order chi connectivity index (χ0) is 20.2. The molecule has 0 fully saturated rings. The van der Waals surface area contributed by atoms with Crippen molar-refractivity contribution in [3.8, 4) is 0 Å². The molecule has 0 saturated carbocycles. The molecule has 0 saturated heterocycles. The lowest BCUT2D eigenvalue weighted by Gasteiger charge is -2.11. The van der Waals surface area contributed by atoms with Crippen molar-refractivity contribution in [3.05, 3.63) is 102 Å². The predicted octanol–water partition coefficient (Wildman–Crippen LogP) is 4.10. The highest BCUT2D eigenvalue weighted by Crippen LogP contribution is 2.20. The lowest BCUT2D eigenvalue weighted by molar-refractivity contribution is 0.668. The van der Waals surface area contributed by atoms with Crippen LogP contribution in [0.4, 0.5) is 0 Å². The van der Waals surface area contributed by atoms with E-state index in [4.69, 9.17) is 0 Å². The molecule has 0 atom stereocenters. The van der Waals surface area contributed by atoms with Crippen LogP contribution in [0.3, 0.4) is 0 Å². The second kappa shape index (κ2) is 8.37. The van der Waals surface area contributed by atoms with Crippen molar-refractivity contribution in [2.45, 2.75) is 32.2 Å². The molecule has 5 aromatic rings. The molecule has 3 aromatic heterocycles. The quantitative estimate of drug-likeness (QED) is 0.415. The lowest BCUT2D eigenvalue weighted by Crippen LogP contribution is -2.11. The molecule has 150 valence electrons. The Morgan fingerprint density at radius 2 is 1.53 bits per heavy atom. The number of aryl methyl sites for hydroxylation is 4. The summed E-state index contributed by atoms with van der Waals surface area (Å²) in [6.07, 6.45) is 9.18. The van der Waals surface area contributed by atoms with Gasteiger partial charge in [-0.2, -0.15) is 0 Å². The average Bonchev–Trinajstić information content (AvgIpc) is 3.52. The molecule has 2 N–H and O–H groups in total. The average molecular weight is 396 g/mol. The Balaban J connectivity index is 1.38. The lowest BCUT2D eigenvalue weighted by atomic mass is 10.1. The Labute approximate surface area is 175 Å². The van der Waals surface area contributed by atoms with Crippen LogP contribution >= 0.6 is 0 Å². The van der Waals surface area contributed by atoms with Gasteiger partial charge in [-0.15, -0.1) is 10.2 Å². The van der Waals surface area contributed by atoms with E-state index < -0.39 is 0 Å². The number of nitrogens with zero attached hydrogens (tertiary/aromatic N) is 4. The van der Waals surface area contributed by atoms with Crippen molar-refractivity contribution >= 4 is 10.9 Å². The van der Waals surface area contributed by atoms with Gasteiger partial charge in [-0.05, 0) is 30.0 Å². The number of imidazole rings is 1. The molecule has 0 aliphatic rings. The van der Waals surface area contributed by atoms with Gasteiger partial charge in [-0.1, -0.05) is 48.5 Å². The molecule has 0 unspecified atom stereocenters. The van der Waals surface area contributed by atoms with Gasteiger partial charge in [0.15, 0.2) is 0 Å². The molecule has 0 spiro atoms. The molecule has 0 amide bonds. The molecule has 6 nitrogen and oxygen atoms in total. The predicted molar refractivity (Wildman–Crippen MR) is 117 cm³/mol. The van der Waals surface area contributed by atoms with Gasteiger partial charge in [0.1, 0.15) is 11.6 Å². The van der Waals surface area contributed by atoms with Crippen molar-refractivity contribution in [1.82, 2.24) is 29.7 Å². The summed E-state index contributed by atoms with van der Waals surface area (Å²) in [5, 5.41) is 10.4. The number of para-hydroxylation sites is 1. The highest BCUT2D eigenvalue weighted by molar-refractivity contribution is 5.83. The third-order valence-electron chi connectivity index (χ3n) is 5.55. The van der Waals surface area contributed by atoms with Crippen molar-refractivity contribution in [1.29, 1.82) is 0 Å². The summed E-state index contributed by atoms with van der Waals surface area (Å²) >= 11 is 0. The van der Waals surface area contributed by atoms with Gasteiger partial charge >= 0.3 is 0 Å². The second-order valence-corrected chi connectivity index (χ2v) is 7.54. The number of hydrogen-bond acceptors (Lipinski definition) is 3. The van der Waals surface area contributed by atoms with E-state index in [1.54, 1.807) is 6.33 Å². The Kier molecular flexibility index (Phi) is 5.12. The number of aromatic amines is 2. The molecule has 0 aliphatic carbocycles. The summed E-state index contributed by atoms with van der Waals surface area (Å²) in [6.45, 7) is 0.787. The molecule has 6 heteroatoms. The van der Waals surface area contributed by atoms with Crippen molar-refractivity contribution in [2.75, 3.05) is 0 Å². The molecular weight excluding hydrogens is 372 g/mol. The monoisotopic (exact) mass is 396 g/mol. The minimum absolute atomic E-state index is 0.787. The maximum Gasteiger partial charge on any atom is 0.133 e. The van der Waals surface area contributed by atoms with E-state index in [-0.39, 0.29) is 0 Å². The number of aromatic nitrogens is 6. The highest BCUT2D eigenvalue weighted by atomic mass is 15.3. The van der Waals surface area contributed by atoms with Gasteiger partial charge in [0.2, 0.25) is 0 Å². The van der Waals surface area contributed by atoms with Gasteiger partial charge in [0, 0.05) is 41.8 Å². The number of H-pyrrole nitrogens is 2. The van der Waals surface area contributed by atoms with Crippen LogP contribution in [-0.4, -0.2) is 29.7 Å². The van der Waals surface area contributed by atoms with Gasteiger partial charge < -0.3 is 14.5 Å². The number of rotatable bonds is 8. The summed E-state index contributed by atoms with van der Waals surface area (Å²) in [7, 11) is 0. The van der Waals surface area contributed by atoms with E-state index in [0.29, 0.717) is 0 Å². The summed E-state index contributed by atoms with van der Waals surface area (Å²) in [5.74, 6) is 2.05. The Morgan fingerprint density at radius 1 is 0.767 bits per heavy atom. The van der Waals surface area contributed by atoms with Crippen LogP contribution in [0.1, 0.15) is 28.5 Å². The van der Waals surface area contributed by atoms with Gasteiger partial charge in [0.05, 0.1) is 12.9 Å². The van der Waals surface area contributed by atoms with E-state index in [0.717, 1.165) is 49.6 Å². The van der Waals surface area contributed by atoms with Crippen LogP contribution in [0.25, 0.3) is 10.9 Å². The Bertz CT molecular complexity index is 1220. The van der Waals surface area contributed by atoms with Crippen molar-refractivity contribution < 1.29 is 0 Å². The zero-order valence-corrected chi connectivity index (χ0v) is 16.8. The standard InChI is InChI=1S/C24H24N6/c1-2-6-18(7-3-1)16-30-23(28-29-24(30)13-11-20-15-25-17-27-20)12-10-19-14-26-22-9-5-4-8-21(19)22/h1-9,14-15,17,26H,10-13,16H2,(H,25,27). The minimum atomic E-state index is 0.787. The van der Waals surface area contributed by atoms with Crippen molar-refractivity contribution in [3.63, 3.8) is 0 Å². The first-order chi connectivity index (χ1) is 14.9. The summed E-state index contributed by atoms with van der Waals surface area (Å²) in [5.41, 5.74) is 4.87. The maximum atomic E-state index is 4.57. The van der Waals surface area contributed by atoms with E-state index in [9.17, 15) is 0 Å². The fourth-order valence-corrected chi connectivity index (χ4v) is 3.94. The van der Waals surface area contributed by atoms with Gasteiger partial charge in [-0.3, -0.25) is 0 Å². The third-order valence-corrected chi connectivity index (χ3v) is 5.55. The first-order valence-electron chi connectivity index (χ1n) is 10.3. The largest absolute Gasteiger partial charge is 0.361 e. The number of benzene rings is 2. The summed E-state index contributed by atoms with van der Waals surface area (Å²) in [6, 6.07) is 19.0. The van der Waals surface area contributed by atoms with Gasteiger partial charge in [0.25, 0.3) is 0 Å². The van der Waals surface area contributed by atoms with Crippen molar-refractivity contribution in [2.24, 2.45) is 0 Å².